The molecule has 4 heteroatoms. The lowest BCUT2D eigenvalue weighted by atomic mass is 9.79. The lowest BCUT2D eigenvalue weighted by molar-refractivity contribution is -0.157. The Morgan fingerprint density at radius 3 is 1.71 bits per heavy atom. The summed E-state index contributed by atoms with van der Waals surface area (Å²) in [5.41, 5.74) is -0.0530. The number of aliphatic carboxylic acids is 2. The fourth-order valence-electron chi connectivity index (χ4n) is 1.68. The summed E-state index contributed by atoms with van der Waals surface area (Å²) in [7, 11) is 0. The van der Waals surface area contributed by atoms with E-state index in [1.807, 2.05) is 20.8 Å². The van der Waals surface area contributed by atoms with E-state index in [1.54, 1.807) is 6.92 Å². The molecule has 0 radical (unpaired) electrons. The Morgan fingerprint density at radius 1 is 1.14 bits per heavy atom. The number of hydrogen-bond donors (Lipinski definition) is 2. The van der Waals surface area contributed by atoms with Crippen molar-refractivity contribution in [2.45, 2.75) is 34.1 Å². The summed E-state index contributed by atoms with van der Waals surface area (Å²) in [6.07, 6.45) is 0.580. The normalized spacial score (nSPS) is 14.1. The lowest BCUT2D eigenvalue weighted by Crippen LogP contribution is -2.31. The maximum atomic E-state index is 10.7. The third-order valence-electron chi connectivity index (χ3n) is 2.04. The van der Waals surface area contributed by atoms with Crippen LogP contribution < -0.4 is 0 Å². The van der Waals surface area contributed by atoms with E-state index in [0.29, 0.717) is 6.42 Å². The Labute approximate surface area is 83.9 Å². The van der Waals surface area contributed by atoms with E-state index in [2.05, 4.69) is 0 Å². The van der Waals surface area contributed by atoms with Gasteiger partial charge in [-0.05, 0) is 17.8 Å². The molecule has 0 saturated heterocycles. The van der Waals surface area contributed by atoms with Gasteiger partial charge in [0.05, 0.1) is 0 Å². The van der Waals surface area contributed by atoms with Gasteiger partial charge in [0.15, 0.2) is 5.92 Å². The highest BCUT2D eigenvalue weighted by atomic mass is 16.4. The highest BCUT2D eigenvalue weighted by Gasteiger charge is 2.33. The largest absolute Gasteiger partial charge is 0.481 e. The second kappa shape index (κ2) is 4.44. The molecule has 0 aliphatic heterocycles. The molecule has 1 atom stereocenters. The molecule has 0 rings (SSSR count). The maximum absolute atomic E-state index is 10.7. The zero-order valence-corrected chi connectivity index (χ0v) is 9.07. The van der Waals surface area contributed by atoms with Crippen molar-refractivity contribution in [1.82, 2.24) is 0 Å². The van der Waals surface area contributed by atoms with Crippen LogP contribution in [0.3, 0.4) is 0 Å². The van der Waals surface area contributed by atoms with Gasteiger partial charge in [-0.2, -0.15) is 0 Å². The molecule has 4 nitrogen and oxygen atoms in total. The first-order chi connectivity index (χ1) is 6.15. The van der Waals surface area contributed by atoms with Gasteiger partial charge in [0.1, 0.15) is 0 Å². The second-order valence-electron chi connectivity index (χ2n) is 4.90. The Bertz CT molecular complexity index is 213. The van der Waals surface area contributed by atoms with E-state index in [0.717, 1.165) is 0 Å². The first-order valence-corrected chi connectivity index (χ1v) is 4.61. The molecule has 0 aromatic carbocycles. The van der Waals surface area contributed by atoms with Crippen LogP contribution in [-0.2, 0) is 9.59 Å². The summed E-state index contributed by atoms with van der Waals surface area (Å²) in [6.45, 7) is 7.55. The van der Waals surface area contributed by atoms with Crippen molar-refractivity contribution < 1.29 is 19.8 Å². The van der Waals surface area contributed by atoms with Crippen LogP contribution in [0, 0.1) is 17.3 Å². The van der Waals surface area contributed by atoms with Gasteiger partial charge in [-0.25, -0.2) is 0 Å². The molecule has 0 bridgehead atoms. The summed E-state index contributed by atoms with van der Waals surface area (Å²) >= 11 is 0. The number of carboxylic acid groups (broad SMARTS) is 2. The van der Waals surface area contributed by atoms with Gasteiger partial charge >= 0.3 is 11.9 Å². The molecular weight excluding hydrogens is 184 g/mol. The van der Waals surface area contributed by atoms with E-state index in [1.165, 1.54) is 0 Å². The SMILES string of the molecule is CC(CC(C)(C)C)C(C(=O)O)C(=O)O. The van der Waals surface area contributed by atoms with Crippen molar-refractivity contribution in [3.8, 4) is 0 Å². The van der Waals surface area contributed by atoms with Gasteiger partial charge in [-0.1, -0.05) is 27.7 Å². The van der Waals surface area contributed by atoms with Crippen LogP contribution in [-0.4, -0.2) is 22.2 Å². The van der Waals surface area contributed by atoms with Gasteiger partial charge in [0.2, 0.25) is 0 Å². The third kappa shape index (κ3) is 4.25. The summed E-state index contributed by atoms with van der Waals surface area (Å²) in [5.74, 6) is -4.16. The van der Waals surface area contributed by atoms with Crippen molar-refractivity contribution >= 4 is 11.9 Å². The minimum absolute atomic E-state index is 0.0530. The van der Waals surface area contributed by atoms with Crippen LogP contribution in [0.4, 0.5) is 0 Å². The van der Waals surface area contributed by atoms with E-state index in [4.69, 9.17) is 10.2 Å². The minimum atomic E-state index is -1.30. The zero-order valence-electron chi connectivity index (χ0n) is 9.07. The fraction of sp³-hybridized carbons (Fsp3) is 0.800. The van der Waals surface area contributed by atoms with Gasteiger partial charge in [0, 0.05) is 0 Å². The number of hydrogen-bond acceptors (Lipinski definition) is 2. The van der Waals surface area contributed by atoms with Gasteiger partial charge < -0.3 is 10.2 Å². The van der Waals surface area contributed by atoms with Crippen molar-refractivity contribution in [2.75, 3.05) is 0 Å². The van der Waals surface area contributed by atoms with Crippen LogP contribution in [0.2, 0.25) is 0 Å². The van der Waals surface area contributed by atoms with Crippen molar-refractivity contribution in [3.63, 3.8) is 0 Å². The zero-order chi connectivity index (χ0) is 11.5. The van der Waals surface area contributed by atoms with E-state index < -0.39 is 17.9 Å². The minimum Gasteiger partial charge on any atom is -0.481 e. The average Bonchev–Trinajstić information content (AvgIpc) is 1.78. The third-order valence-corrected chi connectivity index (χ3v) is 2.04. The monoisotopic (exact) mass is 202 g/mol. The first kappa shape index (κ1) is 12.9. The molecule has 0 spiro atoms. The van der Waals surface area contributed by atoms with Gasteiger partial charge in [-0.15, -0.1) is 0 Å². The predicted molar refractivity (Wildman–Crippen MR) is 52.0 cm³/mol. The highest BCUT2D eigenvalue weighted by Crippen LogP contribution is 2.28. The average molecular weight is 202 g/mol. The summed E-state index contributed by atoms with van der Waals surface area (Å²) in [4.78, 5) is 21.4. The lowest BCUT2D eigenvalue weighted by Gasteiger charge is -2.25. The Balaban J connectivity index is 4.54. The smallest absolute Gasteiger partial charge is 0.318 e. The van der Waals surface area contributed by atoms with Crippen LogP contribution >= 0.6 is 0 Å². The second-order valence-corrected chi connectivity index (χ2v) is 4.90. The molecule has 0 aromatic heterocycles. The Hall–Kier alpha value is -1.06. The molecule has 0 aliphatic carbocycles. The summed E-state index contributed by atoms with van der Waals surface area (Å²) in [5, 5.41) is 17.5. The summed E-state index contributed by atoms with van der Waals surface area (Å²) in [6, 6.07) is 0. The van der Waals surface area contributed by atoms with Crippen molar-refractivity contribution in [3.05, 3.63) is 0 Å². The van der Waals surface area contributed by atoms with Crippen molar-refractivity contribution in [1.29, 1.82) is 0 Å². The Morgan fingerprint density at radius 2 is 1.50 bits per heavy atom. The van der Waals surface area contributed by atoms with Gasteiger partial charge in [0.25, 0.3) is 0 Å². The van der Waals surface area contributed by atoms with Crippen LogP contribution in [0.25, 0.3) is 0 Å². The highest BCUT2D eigenvalue weighted by molar-refractivity contribution is 5.93. The van der Waals surface area contributed by atoms with Crippen LogP contribution in [0.15, 0.2) is 0 Å². The first-order valence-electron chi connectivity index (χ1n) is 4.61. The van der Waals surface area contributed by atoms with E-state index in [9.17, 15) is 9.59 Å². The number of carboxylic acids is 2. The molecular formula is C10H18O4. The quantitative estimate of drug-likeness (QED) is 0.682. The van der Waals surface area contributed by atoms with E-state index >= 15 is 0 Å². The van der Waals surface area contributed by atoms with Crippen LogP contribution in [0.1, 0.15) is 34.1 Å². The molecule has 82 valence electrons. The maximum Gasteiger partial charge on any atom is 0.318 e. The summed E-state index contributed by atoms with van der Waals surface area (Å²) < 4.78 is 0. The molecule has 14 heavy (non-hydrogen) atoms. The van der Waals surface area contributed by atoms with Crippen LogP contribution in [0.5, 0.6) is 0 Å². The van der Waals surface area contributed by atoms with Gasteiger partial charge in [-0.3, -0.25) is 9.59 Å². The molecule has 0 heterocycles. The standard InChI is InChI=1S/C10H18O4/c1-6(5-10(2,3)4)7(8(11)12)9(13)14/h6-7H,5H2,1-4H3,(H,11,12)(H,13,14). The molecule has 0 amide bonds. The molecule has 0 saturated carbocycles. The fourth-order valence-corrected chi connectivity index (χ4v) is 1.68. The topological polar surface area (TPSA) is 74.6 Å². The van der Waals surface area contributed by atoms with Crippen molar-refractivity contribution in [2.24, 2.45) is 17.3 Å². The Kier molecular flexibility index (Phi) is 4.10. The molecule has 1 unspecified atom stereocenters. The molecule has 2 N–H and O–H groups in total. The predicted octanol–water partition coefficient (Wildman–Crippen LogP) is 1.84. The number of rotatable bonds is 4. The molecule has 0 aliphatic rings. The molecule has 0 fully saturated rings. The van der Waals surface area contributed by atoms with E-state index in [-0.39, 0.29) is 11.3 Å². The number of carbonyl (C=O) groups is 2. The molecule has 0 aromatic rings.